The van der Waals surface area contributed by atoms with E-state index in [0.29, 0.717) is 19.4 Å². The number of benzene rings is 1. The highest BCUT2D eigenvalue weighted by Gasteiger charge is 2.10. The largest absolute Gasteiger partial charge is 0.493 e. The molecule has 21 heavy (non-hydrogen) atoms. The summed E-state index contributed by atoms with van der Waals surface area (Å²) in [5.74, 6) is 0.857. The van der Waals surface area contributed by atoms with Gasteiger partial charge >= 0.3 is 0 Å². The molecule has 5 heteroatoms. The van der Waals surface area contributed by atoms with Crippen molar-refractivity contribution in [3.63, 3.8) is 0 Å². The van der Waals surface area contributed by atoms with Gasteiger partial charge in [0.15, 0.2) is 0 Å². The van der Waals surface area contributed by atoms with Gasteiger partial charge in [-0.2, -0.15) is 5.10 Å². The first-order chi connectivity index (χ1) is 10.1. The maximum Gasteiger partial charge on any atom is 0.224 e. The lowest BCUT2D eigenvalue weighted by Crippen LogP contribution is -2.13. The van der Waals surface area contributed by atoms with Gasteiger partial charge < -0.3 is 10.1 Å². The lowest BCUT2D eigenvalue weighted by molar-refractivity contribution is -0.116. The second kappa shape index (κ2) is 6.92. The first kappa shape index (κ1) is 15.1. The third kappa shape index (κ3) is 4.08. The van der Waals surface area contributed by atoms with Crippen molar-refractivity contribution in [3.05, 3.63) is 41.2 Å². The van der Waals surface area contributed by atoms with Gasteiger partial charge in [0.05, 0.1) is 23.7 Å². The van der Waals surface area contributed by atoms with Gasteiger partial charge in [0.1, 0.15) is 5.75 Å². The zero-order chi connectivity index (χ0) is 15.2. The number of H-pyrrole nitrogens is 1. The highest BCUT2D eigenvalue weighted by molar-refractivity contribution is 5.91. The number of carbonyl (C=O) groups excluding carboxylic acids is 1. The summed E-state index contributed by atoms with van der Waals surface area (Å²) in [7, 11) is 0. The van der Waals surface area contributed by atoms with E-state index in [1.54, 1.807) is 0 Å². The number of aromatic nitrogens is 2. The zero-order valence-electron chi connectivity index (χ0n) is 12.7. The Morgan fingerprint density at radius 1 is 1.29 bits per heavy atom. The molecule has 2 aromatic rings. The molecule has 0 aliphatic heterocycles. The molecule has 1 aromatic heterocycles. The molecular formula is C16H21N3O2. The predicted octanol–water partition coefficient (Wildman–Crippen LogP) is 3.13. The summed E-state index contributed by atoms with van der Waals surface area (Å²) in [6.07, 6.45) is 1.10. The Morgan fingerprint density at radius 2 is 2.05 bits per heavy atom. The molecule has 0 atom stereocenters. The van der Waals surface area contributed by atoms with Crippen molar-refractivity contribution in [1.82, 2.24) is 10.2 Å². The topological polar surface area (TPSA) is 67.0 Å². The fraction of sp³-hybridized carbons (Fsp3) is 0.375. The van der Waals surface area contributed by atoms with Crippen LogP contribution >= 0.6 is 0 Å². The molecule has 0 aliphatic rings. The second-order valence-electron chi connectivity index (χ2n) is 5.07. The normalized spacial score (nSPS) is 10.4. The van der Waals surface area contributed by atoms with Gasteiger partial charge in [-0.25, -0.2) is 0 Å². The fourth-order valence-corrected chi connectivity index (χ4v) is 2.07. The summed E-state index contributed by atoms with van der Waals surface area (Å²) < 4.78 is 5.67. The van der Waals surface area contributed by atoms with E-state index in [4.69, 9.17) is 4.74 Å². The van der Waals surface area contributed by atoms with Gasteiger partial charge in [-0.15, -0.1) is 0 Å². The van der Waals surface area contributed by atoms with E-state index in [0.717, 1.165) is 28.4 Å². The third-order valence-electron chi connectivity index (χ3n) is 3.29. The van der Waals surface area contributed by atoms with Gasteiger partial charge in [-0.3, -0.25) is 9.89 Å². The molecule has 1 amide bonds. The molecule has 2 N–H and O–H groups in total. The van der Waals surface area contributed by atoms with Crippen LogP contribution in [0.15, 0.2) is 24.3 Å². The first-order valence-electron chi connectivity index (χ1n) is 7.08. The van der Waals surface area contributed by atoms with E-state index < -0.39 is 0 Å². The van der Waals surface area contributed by atoms with Crippen molar-refractivity contribution in [2.75, 3.05) is 11.9 Å². The van der Waals surface area contributed by atoms with Crippen LogP contribution in [0.2, 0.25) is 0 Å². The average molecular weight is 287 g/mol. The van der Waals surface area contributed by atoms with Crippen LogP contribution in [0.1, 0.15) is 29.8 Å². The Kier molecular flexibility index (Phi) is 4.98. The number of aromatic amines is 1. The van der Waals surface area contributed by atoms with E-state index in [1.165, 1.54) is 0 Å². The Morgan fingerprint density at radius 3 is 2.71 bits per heavy atom. The van der Waals surface area contributed by atoms with E-state index in [9.17, 15) is 4.79 Å². The lowest BCUT2D eigenvalue weighted by Gasteiger charge is -2.09. The Labute approximate surface area is 124 Å². The number of hydrogen-bond acceptors (Lipinski definition) is 3. The molecule has 0 aliphatic carbocycles. The highest BCUT2D eigenvalue weighted by Crippen LogP contribution is 2.18. The SMILES string of the molecule is Cc1ccccc1OCCCC(=O)Nc1c(C)n[nH]c1C. The molecular weight excluding hydrogens is 266 g/mol. The first-order valence-corrected chi connectivity index (χ1v) is 7.08. The molecule has 0 unspecified atom stereocenters. The molecule has 0 radical (unpaired) electrons. The van der Waals surface area contributed by atoms with Crippen molar-refractivity contribution in [1.29, 1.82) is 0 Å². The van der Waals surface area contributed by atoms with Crippen molar-refractivity contribution in [3.8, 4) is 5.75 Å². The number of rotatable bonds is 6. The quantitative estimate of drug-likeness (QED) is 0.802. The number of anilines is 1. The number of amides is 1. The van der Waals surface area contributed by atoms with Gasteiger partial charge in [0.25, 0.3) is 0 Å². The minimum Gasteiger partial charge on any atom is -0.493 e. The van der Waals surface area contributed by atoms with Crippen molar-refractivity contribution >= 4 is 11.6 Å². The van der Waals surface area contributed by atoms with Crippen LogP contribution in [0.5, 0.6) is 5.75 Å². The molecule has 0 saturated carbocycles. The molecule has 0 saturated heterocycles. The summed E-state index contributed by atoms with van der Waals surface area (Å²) in [5.41, 5.74) is 3.56. The summed E-state index contributed by atoms with van der Waals surface area (Å²) in [6.45, 7) is 6.28. The summed E-state index contributed by atoms with van der Waals surface area (Å²) in [6, 6.07) is 7.87. The Hall–Kier alpha value is -2.30. The maximum atomic E-state index is 11.9. The zero-order valence-corrected chi connectivity index (χ0v) is 12.7. The summed E-state index contributed by atoms with van der Waals surface area (Å²) >= 11 is 0. The number of para-hydroxylation sites is 1. The predicted molar refractivity (Wildman–Crippen MR) is 82.6 cm³/mol. The van der Waals surface area contributed by atoms with Crippen LogP contribution in [0, 0.1) is 20.8 Å². The fourth-order valence-electron chi connectivity index (χ4n) is 2.07. The van der Waals surface area contributed by atoms with Crippen LogP contribution in [-0.4, -0.2) is 22.7 Å². The number of carbonyl (C=O) groups is 1. The monoisotopic (exact) mass is 287 g/mol. The van der Waals surface area contributed by atoms with Crippen LogP contribution in [0.3, 0.4) is 0 Å². The molecule has 112 valence electrons. The number of aryl methyl sites for hydroxylation is 3. The highest BCUT2D eigenvalue weighted by atomic mass is 16.5. The van der Waals surface area contributed by atoms with E-state index in [-0.39, 0.29) is 5.91 Å². The summed E-state index contributed by atoms with van der Waals surface area (Å²) in [4.78, 5) is 11.9. The number of nitrogens with zero attached hydrogens (tertiary/aromatic N) is 1. The molecule has 0 bridgehead atoms. The minimum atomic E-state index is -0.0176. The van der Waals surface area contributed by atoms with Crippen LogP contribution in [0.25, 0.3) is 0 Å². The minimum absolute atomic E-state index is 0.0176. The summed E-state index contributed by atoms with van der Waals surface area (Å²) in [5, 5.41) is 9.78. The van der Waals surface area contributed by atoms with Crippen molar-refractivity contribution < 1.29 is 9.53 Å². The van der Waals surface area contributed by atoms with E-state index >= 15 is 0 Å². The number of nitrogens with one attached hydrogen (secondary N) is 2. The molecule has 5 nitrogen and oxygen atoms in total. The molecule has 2 rings (SSSR count). The smallest absolute Gasteiger partial charge is 0.224 e. The molecule has 1 aromatic carbocycles. The number of ether oxygens (including phenoxy) is 1. The standard InChI is InChI=1S/C16H21N3O2/c1-11-7-4-5-8-14(11)21-10-6-9-15(20)17-16-12(2)18-19-13(16)3/h4-5,7-8H,6,9-10H2,1-3H3,(H,17,20)(H,18,19). The van der Waals surface area contributed by atoms with Gasteiger partial charge in [-0.1, -0.05) is 18.2 Å². The van der Waals surface area contributed by atoms with Crippen LogP contribution in [-0.2, 0) is 4.79 Å². The van der Waals surface area contributed by atoms with E-state index in [1.807, 2.05) is 45.0 Å². The van der Waals surface area contributed by atoms with Gasteiger partial charge in [-0.05, 0) is 38.8 Å². The van der Waals surface area contributed by atoms with Gasteiger partial charge in [0.2, 0.25) is 5.91 Å². The molecule has 0 spiro atoms. The maximum absolute atomic E-state index is 11.9. The van der Waals surface area contributed by atoms with Gasteiger partial charge in [0, 0.05) is 6.42 Å². The van der Waals surface area contributed by atoms with Crippen molar-refractivity contribution in [2.45, 2.75) is 33.6 Å². The average Bonchev–Trinajstić information content (AvgIpc) is 2.77. The van der Waals surface area contributed by atoms with Crippen LogP contribution in [0.4, 0.5) is 5.69 Å². The second-order valence-corrected chi connectivity index (χ2v) is 5.07. The lowest BCUT2D eigenvalue weighted by atomic mass is 10.2. The molecule has 1 heterocycles. The van der Waals surface area contributed by atoms with Crippen molar-refractivity contribution in [2.24, 2.45) is 0 Å². The number of hydrogen-bond donors (Lipinski definition) is 2. The Balaban J connectivity index is 1.74. The molecule has 0 fully saturated rings. The Bertz CT molecular complexity index is 600. The third-order valence-corrected chi connectivity index (χ3v) is 3.29. The van der Waals surface area contributed by atoms with E-state index in [2.05, 4.69) is 15.5 Å². The van der Waals surface area contributed by atoms with Crippen LogP contribution < -0.4 is 10.1 Å².